The summed E-state index contributed by atoms with van der Waals surface area (Å²) >= 11 is 0. The molecule has 0 saturated heterocycles. The normalized spacial score (nSPS) is 17.6. The second kappa shape index (κ2) is 8.36. The van der Waals surface area contributed by atoms with Gasteiger partial charge in [0.1, 0.15) is 13.2 Å². The Balaban J connectivity index is 1.86. The van der Waals surface area contributed by atoms with E-state index >= 15 is 0 Å². The number of pyridine rings is 1. The number of nitrogens with two attached hydrogens (primary N) is 2. The summed E-state index contributed by atoms with van der Waals surface area (Å²) in [5.41, 5.74) is 12.2. The van der Waals surface area contributed by atoms with Crippen LogP contribution in [0.3, 0.4) is 0 Å². The van der Waals surface area contributed by atoms with Gasteiger partial charge in [0.2, 0.25) is 0 Å². The Bertz CT molecular complexity index is 1070. The maximum absolute atomic E-state index is 7.12. The predicted molar refractivity (Wildman–Crippen MR) is 122 cm³/mol. The zero-order valence-corrected chi connectivity index (χ0v) is 17.5. The third-order valence-corrected chi connectivity index (χ3v) is 5.51. The molecule has 0 saturated carbocycles. The quantitative estimate of drug-likeness (QED) is 0.461. The van der Waals surface area contributed by atoms with E-state index in [1.165, 1.54) is 5.56 Å². The molecule has 0 fully saturated rings. The number of benzene rings is 2. The average molecular weight is 403 g/mol. The van der Waals surface area contributed by atoms with E-state index in [1.807, 2.05) is 50.2 Å². The standard InChI is InChI=1S/C24H28N5O/c1-3-30-16-21-28-22-23(29(21,26)15-19-12-8-5-9-13-19)20(17(2)27-24(22)25)14-18-10-6-4-7-11-18/h4-13H,3,14-16,26H2,1-2H3,(H2,25,27)/q+1. The van der Waals surface area contributed by atoms with Gasteiger partial charge in [-0.25, -0.2) is 4.98 Å². The summed E-state index contributed by atoms with van der Waals surface area (Å²) in [4.78, 5) is 9.43. The molecular formula is C24H28N5O+. The summed E-state index contributed by atoms with van der Waals surface area (Å²) in [5.74, 6) is 8.27. The molecule has 0 radical (unpaired) electrons. The molecule has 0 spiro atoms. The molecule has 1 aromatic heterocycles. The Hall–Kier alpha value is -3.06. The van der Waals surface area contributed by atoms with Gasteiger partial charge in [0, 0.05) is 29.8 Å². The molecule has 0 aliphatic carbocycles. The first kappa shape index (κ1) is 20.2. The average Bonchev–Trinajstić information content (AvgIpc) is 3.03. The van der Waals surface area contributed by atoms with Crippen molar-refractivity contribution in [3.8, 4) is 0 Å². The Kier molecular flexibility index (Phi) is 5.63. The predicted octanol–water partition coefficient (Wildman–Crippen LogP) is 4.02. The van der Waals surface area contributed by atoms with Gasteiger partial charge in [-0.1, -0.05) is 60.7 Å². The van der Waals surface area contributed by atoms with Crippen LogP contribution in [0.5, 0.6) is 0 Å². The molecule has 2 aromatic carbocycles. The molecule has 4 rings (SSSR count). The minimum Gasteiger partial charge on any atom is -0.382 e. The summed E-state index contributed by atoms with van der Waals surface area (Å²) in [6, 6.07) is 20.5. The van der Waals surface area contributed by atoms with Crippen molar-refractivity contribution in [1.29, 1.82) is 0 Å². The number of anilines is 1. The van der Waals surface area contributed by atoms with Crippen LogP contribution in [0.25, 0.3) is 0 Å². The first-order valence-electron chi connectivity index (χ1n) is 10.2. The molecule has 3 aromatic rings. The first-order chi connectivity index (χ1) is 14.5. The number of hydrogen-bond acceptors (Lipinski definition) is 5. The number of quaternary nitrogens is 1. The molecule has 0 bridgehead atoms. The lowest BCUT2D eigenvalue weighted by Crippen LogP contribution is -2.59. The Morgan fingerprint density at radius 3 is 2.23 bits per heavy atom. The van der Waals surface area contributed by atoms with Crippen LogP contribution in [0.2, 0.25) is 0 Å². The molecule has 1 aliphatic rings. The Morgan fingerprint density at radius 2 is 1.60 bits per heavy atom. The topological polar surface area (TPSA) is 86.5 Å². The van der Waals surface area contributed by atoms with Gasteiger partial charge in [-0.3, -0.25) is 0 Å². The molecule has 30 heavy (non-hydrogen) atoms. The van der Waals surface area contributed by atoms with E-state index in [4.69, 9.17) is 21.3 Å². The second-order valence-corrected chi connectivity index (χ2v) is 7.60. The first-order valence-corrected chi connectivity index (χ1v) is 10.2. The Labute approximate surface area is 177 Å². The van der Waals surface area contributed by atoms with E-state index in [1.54, 1.807) is 0 Å². The van der Waals surface area contributed by atoms with Gasteiger partial charge in [-0.05, 0) is 19.4 Å². The summed E-state index contributed by atoms with van der Waals surface area (Å²) in [6.45, 7) is 5.45. The number of nitrogen functional groups attached to an aromatic ring is 1. The summed E-state index contributed by atoms with van der Waals surface area (Å²) in [7, 11) is 0. The monoisotopic (exact) mass is 402 g/mol. The van der Waals surface area contributed by atoms with Crippen molar-refractivity contribution in [2.45, 2.75) is 26.8 Å². The van der Waals surface area contributed by atoms with Crippen molar-refractivity contribution in [3.63, 3.8) is 0 Å². The zero-order valence-electron chi connectivity index (χ0n) is 17.5. The van der Waals surface area contributed by atoms with Crippen LogP contribution in [0.1, 0.15) is 29.3 Å². The number of nitrogens with zero attached hydrogens (tertiary/aromatic N) is 3. The van der Waals surface area contributed by atoms with E-state index in [9.17, 15) is 0 Å². The Morgan fingerprint density at radius 1 is 0.967 bits per heavy atom. The van der Waals surface area contributed by atoms with Crippen molar-refractivity contribution in [2.24, 2.45) is 10.8 Å². The number of aryl methyl sites for hydroxylation is 1. The van der Waals surface area contributed by atoms with E-state index in [2.05, 4.69) is 29.2 Å². The lowest BCUT2D eigenvalue weighted by Gasteiger charge is -2.31. The lowest BCUT2D eigenvalue weighted by molar-refractivity contribution is 0.177. The van der Waals surface area contributed by atoms with Crippen molar-refractivity contribution in [3.05, 3.63) is 83.0 Å². The maximum atomic E-state index is 7.12. The highest BCUT2D eigenvalue weighted by molar-refractivity contribution is 6.05. The van der Waals surface area contributed by atoms with Crippen molar-refractivity contribution in [2.75, 3.05) is 18.9 Å². The van der Waals surface area contributed by atoms with E-state index < -0.39 is 0 Å². The molecule has 154 valence electrons. The molecule has 0 amide bonds. The maximum Gasteiger partial charge on any atom is 0.254 e. The highest BCUT2D eigenvalue weighted by Gasteiger charge is 2.45. The summed E-state index contributed by atoms with van der Waals surface area (Å²) < 4.78 is 5.77. The van der Waals surface area contributed by atoms with Crippen LogP contribution >= 0.6 is 0 Å². The van der Waals surface area contributed by atoms with E-state index in [0.29, 0.717) is 37.7 Å². The highest BCUT2D eigenvalue weighted by Crippen LogP contribution is 2.46. The van der Waals surface area contributed by atoms with Crippen LogP contribution in [0.4, 0.5) is 17.2 Å². The number of rotatable bonds is 7. The summed E-state index contributed by atoms with van der Waals surface area (Å²) in [6.07, 6.45) is 0.714. The fourth-order valence-corrected chi connectivity index (χ4v) is 4.02. The molecule has 6 nitrogen and oxygen atoms in total. The fraction of sp³-hybridized carbons (Fsp3) is 0.250. The van der Waals surface area contributed by atoms with Gasteiger partial charge in [0.25, 0.3) is 5.84 Å². The van der Waals surface area contributed by atoms with Gasteiger partial charge in [-0.15, -0.1) is 0 Å². The van der Waals surface area contributed by atoms with Crippen molar-refractivity contribution in [1.82, 2.24) is 9.58 Å². The third-order valence-electron chi connectivity index (χ3n) is 5.51. The van der Waals surface area contributed by atoms with Gasteiger partial charge in [0.05, 0.1) is 0 Å². The second-order valence-electron chi connectivity index (χ2n) is 7.60. The fourth-order valence-electron chi connectivity index (χ4n) is 4.02. The van der Waals surface area contributed by atoms with Crippen molar-refractivity contribution < 1.29 is 4.74 Å². The molecule has 1 atom stereocenters. The molecular weight excluding hydrogens is 374 g/mol. The molecule has 1 aliphatic heterocycles. The number of hydrogen-bond donors (Lipinski definition) is 2. The van der Waals surface area contributed by atoms with Crippen molar-refractivity contribution >= 4 is 23.0 Å². The number of aliphatic imine (C=N–C) groups is 1. The highest BCUT2D eigenvalue weighted by atomic mass is 16.5. The third kappa shape index (κ3) is 3.73. The summed E-state index contributed by atoms with van der Waals surface area (Å²) in [5, 5.41) is 0. The number of ether oxygens (including phenoxy) is 1. The number of aromatic nitrogens is 1. The molecule has 1 unspecified atom stereocenters. The van der Waals surface area contributed by atoms with E-state index in [0.717, 1.165) is 28.3 Å². The lowest BCUT2D eigenvalue weighted by atomic mass is 10.00. The van der Waals surface area contributed by atoms with Crippen LogP contribution in [0.15, 0.2) is 65.7 Å². The van der Waals surface area contributed by atoms with Crippen LogP contribution in [-0.4, -0.2) is 24.0 Å². The van der Waals surface area contributed by atoms with Gasteiger partial charge in [0.15, 0.2) is 17.2 Å². The minimum atomic E-state index is 0.0507. The smallest absolute Gasteiger partial charge is 0.254 e. The molecule has 2 heterocycles. The van der Waals surface area contributed by atoms with Gasteiger partial charge >= 0.3 is 0 Å². The molecule has 4 N–H and O–H groups in total. The van der Waals surface area contributed by atoms with Crippen LogP contribution in [-0.2, 0) is 17.7 Å². The van der Waals surface area contributed by atoms with Gasteiger partial charge in [-0.2, -0.15) is 15.4 Å². The van der Waals surface area contributed by atoms with Gasteiger partial charge < -0.3 is 10.5 Å². The SMILES string of the molecule is CCOCC1=Nc2c(N)nc(C)c(Cc3ccccc3)c2[N+]1(N)Cc1ccccc1. The van der Waals surface area contributed by atoms with E-state index in [-0.39, 0.29) is 4.59 Å². The van der Waals surface area contributed by atoms with Crippen LogP contribution in [0, 0.1) is 6.92 Å². The number of fused-ring (bicyclic) bond motifs is 1. The van der Waals surface area contributed by atoms with Crippen LogP contribution < -0.4 is 16.2 Å². The largest absolute Gasteiger partial charge is 0.382 e. The minimum absolute atomic E-state index is 0.0507. The zero-order chi connectivity index (χ0) is 21.1. The number of amidine groups is 1. The molecule has 6 heteroatoms.